The summed E-state index contributed by atoms with van der Waals surface area (Å²) in [4.78, 5) is 4.32. The third kappa shape index (κ3) is 1.05. The molecule has 11 heavy (non-hydrogen) atoms. The molecular weight excluding hydrogens is 138 g/mol. The summed E-state index contributed by atoms with van der Waals surface area (Å²) in [5, 5.41) is 0. The molecule has 2 N–H and O–H groups in total. The summed E-state index contributed by atoms with van der Waals surface area (Å²) in [6.07, 6.45) is 5.53. The van der Waals surface area contributed by atoms with Crippen molar-refractivity contribution in [2.75, 3.05) is 6.54 Å². The van der Waals surface area contributed by atoms with Gasteiger partial charge >= 0.3 is 0 Å². The van der Waals surface area contributed by atoms with Crippen molar-refractivity contribution in [2.24, 2.45) is 5.73 Å². The first-order chi connectivity index (χ1) is 5.42. The maximum Gasteiger partial charge on any atom is 0.0952 e. The molecule has 0 saturated carbocycles. The molecule has 0 fully saturated rings. The number of nitrogens with two attached hydrogens (primary N) is 1. The number of rotatable bonds is 2. The molecule has 3 heteroatoms. The molecule has 0 aliphatic heterocycles. The first-order valence-corrected chi connectivity index (χ1v) is 4.15. The van der Waals surface area contributed by atoms with Gasteiger partial charge in [0.15, 0.2) is 0 Å². The minimum Gasteiger partial charge on any atom is -0.333 e. The first-order valence-electron chi connectivity index (χ1n) is 4.15. The van der Waals surface area contributed by atoms with Gasteiger partial charge in [-0.25, -0.2) is 4.98 Å². The van der Waals surface area contributed by atoms with E-state index in [9.17, 15) is 0 Å². The standard InChI is InChI=1S/C8H13N3/c9-4-5-11-6-10-7-2-1-3-8(7)11/h6H,1-5,9H2. The Morgan fingerprint density at radius 1 is 1.55 bits per heavy atom. The Morgan fingerprint density at radius 3 is 3.27 bits per heavy atom. The van der Waals surface area contributed by atoms with Crippen molar-refractivity contribution in [3.05, 3.63) is 17.7 Å². The highest BCUT2D eigenvalue weighted by molar-refractivity contribution is 5.18. The van der Waals surface area contributed by atoms with E-state index in [2.05, 4.69) is 9.55 Å². The van der Waals surface area contributed by atoms with Gasteiger partial charge in [0.1, 0.15) is 0 Å². The van der Waals surface area contributed by atoms with Crippen molar-refractivity contribution in [2.45, 2.75) is 25.8 Å². The molecule has 1 aromatic heterocycles. The van der Waals surface area contributed by atoms with Crippen molar-refractivity contribution in [1.29, 1.82) is 0 Å². The highest BCUT2D eigenvalue weighted by Crippen LogP contribution is 2.19. The Balaban J connectivity index is 2.27. The molecule has 1 heterocycles. The lowest BCUT2D eigenvalue weighted by Gasteiger charge is -2.01. The summed E-state index contributed by atoms with van der Waals surface area (Å²) in [7, 11) is 0. The number of imidazole rings is 1. The molecule has 1 aliphatic rings. The van der Waals surface area contributed by atoms with Gasteiger partial charge in [-0.05, 0) is 19.3 Å². The highest BCUT2D eigenvalue weighted by Gasteiger charge is 2.15. The fraction of sp³-hybridized carbons (Fsp3) is 0.625. The van der Waals surface area contributed by atoms with E-state index in [0.29, 0.717) is 6.54 Å². The van der Waals surface area contributed by atoms with E-state index in [1.54, 1.807) is 0 Å². The van der Waals surface area contributed by atoms with Crippen molar-refractivity contribution < 1.29 is 0 Å². The molecule has 0 aromatic carbocycles. The molecule has 2 rings (SSSR count). The number of aromatic nitrogens is 2. The number of nitrogens with zero attached hydrogens (tertiary/aromatic N) is 2. The van der Waals surface area contributed by atoms with Crippen LogP contribution in [0.4, 0.5) is 0 Å². The van der Waals surface area contributed by atoms with E-state index in [-0.39, 0.29) is 0 Å². The molecule has 60 valence electrons. The van der Waals surface area contributed by atoms with Crippen LogP contribution in [0.25, 0.3) is 0 Å². The topological polar surface area (TPSA) is 43.8 Å². The highest BCUT2D eigenvalue weighted by atomic mass is 15.1. The van der Waals surface area contributed by atoms with E-state index in [0.717, 1.165) is 13.0 Å². The fourth-order valence-electron chi connectivity index (χ4n) is 1.70. The Morgan fingerprint density at radius 2 is 2.45 bits per heavy atom. The second kappa shape index (κ2) is 2.66. The smallest absolute Gasteiger partial charge is 0.0952 e. The van der Waals surface area contributed by atoms with Crippen LogP contribution in [0.5, 0.6) is 0 Å². The normalized spacial score (nSPS) is 15.4. The van der Waals surface area contributed by atoms with Crippen LogP contribution in [-0.4, -0.2) is 16.1 Å². The summed E-state index contributed by atoms with van der Waals surface area (Å²) in [5.74, 6) is 0. The van der Waals surface area contributed by atoms with Crippen molar-refractivity contribution in [3.8, 4) is 0 Å². The van der Waals surface area contributed by atoms with Crippen LogP contribution < -0.4 is 5.73 Å². The summed E-state index contributed by atoms with van der Waals surface area (Å²) in [6.45, 7) is 1.63. The van der Waals surface area contributed by atoms with Crippen LogP contribution in [0.1, 0.15) is 17.8 Å². The summed E-state index contributed by atoms with van der Waals surface area (Å²) in [5.41, 5.74) is 8.17. The quantitative estimate of drug-likeness (QED) is 0.662. The van der Waals surface area contributed by atoms with Gasteiger partial charge in [-0.1, -0.05) is 0 Å². The van der Waals surface area contributed by atoms with Crippen LogP contribution in [-0.2, 0) is 19.4 Å². The maximum absolute atomic E-state index is 5.47. The summed E-state index contributed by atoms with van der Waals surface area (Å²) < 4.78 is 2.18. The Labute approximate surface area is 66.2 Å². The average Bonchev–Trinajstić information content (AvgIpc) is 2.53. The van der Waals surface area contributed by atoms with Gasteiger partial charge in [0, 0.05) is 18.8 Å². The monoisotopic (exact) mass is 151 g/mol. The maximum atomic E-state index is 5.47. The van der Waals surface area contributed by atoms with Crippen LogP contribution in [0.2, 0.25) is 0 Å². The third-order valence-corrected chi connectivity index (χ3v) is 2.23. The Hall–Kier alpha value is -0.830. The average molecular weight is 151 g/mol. The van der Waals surface area contributed by atoms with Gasteiger partial charge in [0.2, 0.25) is 0 Å². The molecule has 1 aliphatic carbocycles. The van der Waals surface area contributed by atoms with Crippen LogP contribution in [0, 0.1) is 0 Å². The minimum atomic E-state index is 0.711. The molecule has 0 amide bonds. The SMILES string of the molecule is NCCn1cnc2c1CCC2. The molecule has 1 aromatic rings. The number of aryl methyl sites for hydroxylation is 1. The number of hydrogen-bond acceptors (Lipinski definition) is 2. The number of hydrogen-bond donors (Lipinski definition) is 1. The lowest BCUT2D eigenvalue weighted by atomic mass is 10.3. The van der Waals surface area contributed by atoms with Crippen LogP contribution >= 0.6 is 0 Å². The van der Waals surface area contributed by atoms with E-state index >= 15 is 0 Å². The Bertz CT molecular complexity index is 252. The van der Waals surface area contributed by atoms with Gasteiger partial charge in [0.25, 0.3) is 0 Å². The number of fused-ring (bicyclic) bond motifs is 1. The van der Waals surface area contributed by atoms with Crippen molar-refractivity contribution in [3.63, 3.8) is 0 Å². The van der Waals surface area contributed by atoms with E-state index in [1.807, 2.05) is 6.33 Å². The van der Waals surface area contributed by atoms with E-state index in [4.69, 9.17) is 5.73 Å². The van der Waals surface area contributed by atoms with Gasteiger partial charge < -0.3 is 10.3 Å². The minimum absolute atomic E-state index is 0.711. The molecule has 0 atom stereocenters. The third-order valence-electron chi connectivity index (χ3n) is 2.23. The van der Waals surface area contributed by atoms with Crippen molar-refractivity contribution >= 4 is 0 Å². The Kier molecular flexibility index (Phi) is 1.66. The van der Waals surface area contributed by atoms with Gasteiger partial charge in [-0.2, -0.15) is 0 Å². The lowest BCUT2D eigenvalue weighted by molar-refractivity contribution is 0.669. The van der Waals surface area contributed by atoms with E-state index < -0.39 is 0 Å². The molecule has 0 radical (unpaired) electrons. The predicted molar refractivity (Wildman–Crippen MR) is 43.3 cm³/mol. The lowest BCUT2D eigenvalue weighted by Crippen LogP contribution is -2.10. The van der Waals surface area contributed by atoms with Crippen molar-refractivity contribution in [1.82, 2.24) is 9.55 Å². The zero-order valence-electron chi connectivity index (χ0n) is 6.58. The van der Waals surface area contributed by atoms with E-state index in [1.165, 1.54) is 24.2 Å². The second-order valence-electron chi connectivity index (χ2n) is 2.97. The molecule has 0 bridgehead atoms. The molecule has 3 nitrogen and oxygen atoms in total. The summed E-state index contributed by atoms with van der Waals surface area (Å²) in [6, 6.07) is 0. The van der Waals surface area contributed by atoms with Gasteiger partial charge in [-0.3, -0.25) is 0 Å². The second-order valence-corrected chi connectivity index (χ2v) is 2.97. The zero-order valence-corrected chi connectivity index (χ0v) is 6.58. The van der Waals surface area contributed by atoms with Gasteiger partial charge in [-0.15, -0.1) is 0 Å². The predicted octanol–water partition coefficient (Wildman–Crippen LogP) is 0.330. The first kappa shape index (κ1) is 6.85. The van der Waals surface area contributed by atoms with Crippen LogP contribution in [0.15, 0.2) is 6.33 Å². The molecule has 0 spiro atoms. The molecule has 0 saturated heterocycles. The largest absolute Gasteiger partial charge is 0.333 e. The van der Waals surface area contributed by atoms with Gasteiger partial charge in [0.05, 0.1) is 12.0 Å². The van der Waals surface area contributed by atoms with Crippen LogP contribution in [0.3, 0.4) is 0 Å². The molecular formula is C8H13N3. The zero-order chi connectivity index (χ0) is 7.68. The fourth-order valence-corrected chi connectivity index (χ4v) is 1.70. The molecule has 0 unspecified atom stereocenters. The summed E-state index contributed by atoms with van der Waals surface area (Å²) >= 11 is 0.